The van der Waals surface area contributed by atoms with Crippen molar-refractivity contribution in [2.45, 2.75) is 38.2 Å². The second kappa shape index (κ2) is 4.15. The zero-order valence-electron chi connectivity index (χ0n) is 10.2. The third-order valence-corrected chi connectivity index (χ3v) is 4.62. The summed E-state index contributed by atoms with van der Waals surface area (Å²) in [5.41, 5.74) is 0.119. The minimum absolute atomic E-state index is 0.119. The van der Waals surface area contributed by atoms with Crippen molar-refractivity contribution in [3.63, 3.8) is 0 Å². The average molecular weight is 221 g/mol. The molecule has 0 radical (unpaired) electrons. The molecule has 90 valence electrons. The van der Waals surface area contributed by atoms with Gasteiger partial charge in [0.05, 0.1) is 5.60 Å². The van der Waals surface area contributed by atoms with Gasteiger partial charge in [-0.3, -0.25) is 0 Å². The lowest BCUT2D eigenvalue weighted by atomic mass is 9.93. The molecule has 16 heavy (non-hydrogen) atoms. The fourth-order valence-corrected chi connectivity index (χ4v) is 3.63. The van der Waals surface area contributed by atoms with Crippen LogP contribution in [0.25, 0.3) is 0 Å². The van der Waals surface area contributed by atoms with Crippen LogP contribution >= 0.6 is 0 Å². The topological polar surface area (TPSA) is 21.3 Å². The molecule has 1 saturated heterocycles. The molecule has 3 aliphatic rings. The molecular formula is C14H23NO. The molecule has 0 amide bonds. The van der Waals surface area contributed by atoms with Crippen LogP contribution in [0.15, 0.2) is 12.2 Å². The van der Waals surface area contributed by atoms with Crippen LogP contribution in [0.2, 0.25) is 0 Å². The van der Waals surface area contributed by atoms with E-state index in [1.54, 1.807) is 0 Å². The first-order valence-electron chi connectivity index (χ1n) is 6.78. The predicted octanol–water partition coefficient (Wildman–Crippen LogP) is 2.36. The van der Waals surface area contributed by atoms with Crippen molar-refractivity contribution in [2.75, 3.05) is 19.7 Å². The van der Waals surface area contributed by atoms with E-state index < -0.39 is 0 Å². The van der Waals surface area contributed by atoms with Crippen molar-refractivity contribution in [1.82, 2.24) is 5.32 Å². The average Bonchev–Trinajstić information content (AvgIpc) is 2.94. The molecule has 2 nitrogen and oxygen atoms in total. The number of nitrogens with one attached hydrogen (secondary N) is 1. The Labute approximate surface area is 98.4 Å². The van der Waals surface area contributed by atoms with Gasteiger partial charge in [0.2, 0.25) is 0 Å². The summed E-state index contributed by atoms with van der Waals surface area (Å²) in [5.74, 6) is 2.66. The van der Waals surface area contributed by atoms with E-state index in [2.05, 4.69) is 24.4 Å². The van der Waals surface area contributed by atoms with E-state index in [0.717, 1.165) is 30.9 Å². The van der Waals surface area contributed by atoms with E-state index in [4.69, 9.17) is 4.74 Å². The maximum atomic E-state index is 5.79. The van der Waals surface area contributed by atoms with E-state index in [-0.39, 0.29) is 5.60 Å². The molecule has 2 aliphatic carbocycles. The number of ether oxygens (including phenoxy) is 1. The van der Waals surface area contributed by atoms with Gasteiger partial charge in [0.15, 0.2) is 0 Å². The van der Waals surface area contributed by atoms with Crippen molar-refractivity contribution in [1.29, 1.82) is 0 Å². The number of fused-ring (bicyclic) bond motifs is 2. The molecule has 0 aromatic rings. The number of hydrogen-bond donors (Lipinski definition) is 1. The molecule has 4 atom stereocenters. The normalized spacial score (nSPS) is 45.7. The number of rotatable bonds is 4. The van der Waals surface area contributed by atoms with E-state index in [1.165, 1.54) is 32.2 Å². The van der Waals surface area contributed by atoms with Gasteiger partial charge in [0, 0.05) is 13.2 Å². The van der Waals surface area contributed by atoms with Gasteiger partial charge in [0.1, 0.15) is 0 Å². The van der Waals surface area contributed by atoms with Crippen molar-refractivity contribution >= 4 is 0 Å². The third kappa shape index (κ3) is 2.05. The smallest absolute Gasteiger partial charge is 0.0779 e. The quantitative estimate of drug-likeness (QED) is 0.736. The molecule has 1 saturated carbocycles. The first-order valence-corrected chi connectivity index (χ1v) is 6.78. The zero-order chi connectivity index (χ0) is 11.0. The van der Waals surface area contributed by atoms with Crippen LogP contribution in [0.3, 0.4) is 0 Å². The summed E-state index contributed by atoms with van der Waals surface area (Å²) in [7, 11) is 0. The summed E-state index contributed by atoms with van der Waals surface area (Å²) in [6.07, 6.45) is 10.1. The Morgan fingerprint density at radius 3 is 2.94 bits per heavy atom. The standard InChI is InChI=1S/C14H23NO/c1-14(5-2-6-16-14)10-15-9-13-8-11-3-4-12(13)7-11/h3-4,11-13,15H,2,5-10H2,1H3. The van der Waals surface area contributed by atoms with Crippen LogP contribution in [0.1, 0.15) is 32.6 Å². The molecule has 1 N–H and O–H groups in total. The minimum atomic E-state index is 0.119. The van der Waals surface area contributed by atoms with Crippen LogP contribution < -0.4 is 5.32 Å². The maximum absolute atomic E-state index is 5.79. The van der Waals surface area contributed by atoms with Gasteiger partial charge >= 0.3 is 0 Å². The lowest BCUT2D eigenvalue weighted by Crippen LogP contribution is -2.39. The molecule has 4 unspecified atom stereocenters. The largest absolute Gasteiger partial charge is 0.374 e. The fraction of sp³-hybridized carbons (Fsp3) is 0.857. The first kappa shape index (κ1) is 10.8. The Morgan fingerprint density at radius 1 is 1.38 bits per heavy atom. The van der Waals surface area contributed by atoms with Crippen molar-refractivity contribution < 1.29 is 4.74 Å². The molecular weight excluding hydrogens is 198 g/mol. The molecule has 1 heterocycles. The summed E-state index contributed by atoms with van der Waals surface area (Å²) < 4.78 is 5.79. The minimum Gasteiger partial charge on any atom is -0.374 e. The van der Waals surface area contributed by atoms with Crippen LogP contribution in [0, 0.1) is 17.8 Å². The molecule has 0 aromatic heterocycles. The summed E-state index contributed by atoms with van der Waals surface area (Å²) >= 11 is 0. The summed E-state index contributed by atoms with van der Waals surface area (Å²) in [5, 5.41) is 3.64. The van der Waals surface area contributed by atoms with Gasteiger partial charge in [-0.05, 0) is 56.9 Å². The van der Waals surface area contributed by atoms with E-state index >= 15 is 0 Å². The molecule has 2 bridgehead atoms. The predicted molar refractivity (Wildman–Crippen MR) is 65.3 cm³/mol. The third-order valence-electron chi connectivity index (χ3n) is 4.62. The highest BCUT2D eigenvalue weighted by molar-refractivity contribution is 5.10. The van der Waals surface area contributed by atoms with Crippen LogP contribution in [0.4, 0.5) is 0 Å². The van der Waals surface area contributed by atoms with E-state index in [9.17, 15) is 0 Å². The van der Waals surface area contributed by atoms with E-state index in [1.807, 2.05) is 0 Å². The SMILES string of the molecule is CC1(CNCC2CC3C=CC2C3)CCCO1. The zero-order valence-corrected chi connectivity index (χ0v) is 10.2. The first-order chi connectivity index (χ1) is 7.75. The van der Waals surface area contributed by atoms with Gasteiger partial charge in [-0.25, -0.2) is 0 Å². The van der Waals surface area contributed by atoms with Crippen molar-refractivity contribution in [3.8, 4) is 0 Å². The molecule has 3 rings (SSSR count). The van der Waals surface area contributed by atoms with Gasteiger partial charge in [-0.2, -0.15) is 0 Å². The monoisotopic (exact) mass is 221 g/mol. The molecule has 2 fully saturated rings. The fourth-order valence-electron chi connectivity index (χ4n) is 3.63. The Balaban J connectivity index is 1.42. The summed E-state index contributed by atoms with van der Waals surface area (Å²) in [4.78, 5) is 0. The van der Waals surface area contributed by atoms with Crippen LogP contribution in [-0.4, -0.2) is 25.3 Å². The lowest BCUT2D eigenvalue weighted by Gasteiger charge is -2.26. The maximum Gasteiger partial charge on any atom is 0.0779 e. The lowest BCUT2D eigenvalue weighted by molar-refractivity contribution is 0.0201. The molecule has 0 spiro atoms. The molecule has 0 aromatic carbocycles. The molecule has 2 heteroatoms. The van der Waals surface area contributed by atoms with Crippen LogP contribution in [-0.2, 0) is 4.74 Å². The van der Waals surface area contributed by atoms with Gasteiger partial charge in [-0.15, -0.1) is 0 Å². The Hall–Kier alpha value is -0.340. The van der Waals surface area contributed by atoms with Gasteiger partial charge < -0.3 is 10.1 Å². The Bertz CT molecular complexity index is 280. The second-order valence-corrected chi connectivity index (χ2v) is 6.07. The van der Waals surface area contributed by atoms with Crippen molar-refractivity contribution in [3.05, 3.63) is 12.2 Å². The van der Waals surface area contributed by atoms with Crippen LogP contribution in [0.5, 0.6) is 0 Å². The van der Waals surface area contributed by atoms with Crippen molar-refractivity contribution in [2.24, 2.45) is 17.8 Å². The summed E-state index contributed by atoms with van der Waals surface area (Å²) in [6.45, 7) is 5.41. The number of allylic oxidation sites excluding steroid dienone is 2. The second-order valence-electron chi connectivity index (χ2n) is 6.07. The van der Waals surface area contributed by atoms with Gasteiger partial charge in [0.25, 0.3) is 0 Å². The van der Waals surface area contributed by atoms with Gasteiger partial charge in [-0.1, -0.05) is 12.2 Å². The highest BCUT2D eigenvalue weighted by Crippen LogP contribution is 2.43. The number of hydrogen-bond acceptors (Lipinski definition) is 2. The highest BCUT2D eigenvalue weighted by atomic mass is 16.5. The van der Waals surface area contributed by atoms with E-state index in [0.29, 0.717) is 0 Å². The Morgan fingerprint density at radius 2 is 2.31 bits per heavy atom. The Kier molecular flexibility index (Phi) is 2.80. The summed E-state index contributed by atoms with van der Waals surface area (Å²) in [6, 6.07) is 0. The molecule has 1 aliphatic heterocycles. The highest BCUT2D eigenvalue weighted by Gasteiger charge is 2.36.